The third-order valence-corrected chi connectivity index (χ3v) is 5.70. The third kappa shape index (κ3) is 3.73. The number of hydrogen-bond acceptors (Lipinski definition) is 4. The Kier molecular flexibility index (Phi) is 5.88. The van der Waals surface area contributed by atoms with Crippen LogP contribution >= 0.6 is 31.9 Å². The summed E-state index contributed by atoms with van der Waals surface area (Å²) in [5.74, 6) is 0.558. The first-order valence-electron chi connectivity index (χ1n) is 8.52. The minimum Gasteiger partial charge on any atom is -0.506 e. The molecule has 1 aromatic heterocycles. The summed E-state index contributed by atoms with van der Waals surface area (Å²) in [6.45, 7) is 5.74. The average Bonchev–Trinajstić information content (AvgIpc) is 3.10. The molecule has 2 aromatic carbocycles. The van der Waals surface area contributed by atoms with Gasteiger partial charge in [-0.1, -0.05) is 12.1 Å². The zero-order valence-electron chi connectivity index (χ0n) is 14.9. The van der Waals surface area contributed by atoms with Crippen LogP contribution < -0.4 is 4.90 Å². The highest BCUT2D eigenvalue weighted by atomic mass is 79.9. The molecule has 3 aromatic rings. The molecule has 3 rings (SSSR count). The number of benzene rings is 2. The van der Waals surface area contributed by atoms with Crippen LogP contribution in [0.15, 0.2) is 39.3 Å². The topological polar surface area (TPSA) is 75.9 Å². The van der Waals surface area contributed by atoms with Gasteiger partial charge in [0.25, 0.3) is 0 Å². The van der Waals surface area contributed by atoms with Gasteiger partial charge >= 0.3 is 0 Å². The van der Waals surface area contributed by atoms with E-state index in [1.54, 1.807) is 6.08 Å². The van der Waals surface area contributed by atoms with Crippen molar-refractivity contribution in [2.75, 3.05) is 18.0 Å². The van der Waals surface area contributed by atoms with Crippen molar-refractivity contribution in [3.8, 4) is 11.8 Å². The van der Waals surface area contributed by atoms with Crippen LogP contribution in [0.25, 0.3) is 22.7 Å². The molecular formula is C20H18Br2N4O. The van der Waals surface area contributed by atoms with Gasteiger partial charge in [0.05, 0.1) is 26.8 Å². The summed E-state index contributed by atoms with van der Waals surface area (Å²) in [5.41, 5.74) is 3.41. The number of halogens is 2. The molecule has 0 radical (unpaired) electrons. The summed E-state index contributed by atoms with van der Waals surface area (Å²) in [5, 5.41) is 20.3. The van der Waals surface area contributed by atoms with E-state index in [0.717, 1.165) is 34.3 Å². The summed E-state index contributed by atoms with van der Waals surface area (Å²) in [4.78, 5) is 9.75. The second kappa shape index (κ2) is 8.15. The average molecular weight is 490 g/mol. The number of anilines is 1. The SMILES string of the molecule is CCN(CC)c1c(Br)cc(C=C(C#N)c2nc3ccccc3[nH]2)c(O)c1Br. The number of fused-ring (bicyclic) bond motifs is 1. The molecule has 0 atom stereocenters. The van der Waals surface area contributed by atoms with Crippen LogP contribution in [0.5, 0.6) is 5.75 Å². The van der Waals surface area contributed by atoms with E-state index >= 15 is 0 Å². The lowest BCUT2D eigenvalue weighted by molar-refractivity contribution is 0.470. The van der Waals surface area contributed by atoms with E-state index in [4.69, 9.17) is 0 Å². The molecule has 1 heterocycles. The number of nitriles is 1. The number of nitrogens with zero attached hydrogens (tertiary/aromatic N) is 3. The number of allylic oxidation sites excluding steroid dienone is 1. The normalized spacial score (nSPS) is 11.6. The van der Waals surface area contributed by atoms with E-state index in [1.807, 2.05) is 30.3 Å². The van der Waals surface area contributed by atoms with Crippen molar-refractivity contribution < 1.29 is 5.11 Å². The molecule has 27 heavy (non-hydrogen) atoms. The second-order valence-electron chi connectivity index (χ2n) is 5.90. The smallest absolute Gasteiger partial charge is 0.149 e. The van der Waals surface area contributed by atoms with E-state index in [-0.39, 0.29) is 5.75 Å². The number of para-hydroxylation sites is 2. The van der Waals surface area contributed by atoms with Gasteiger partial charge in [-0.2, -0.15) is 5.26 Å². The number of nitrogens with one attached hydrogen (secondary N) is 1. The maximum Gasteiger partial charge on any atom is 0.149 e. The van der Waals surface area contributed by atoms with Crippen LogP contribution in [-0.2, 0) is 0 Å². The number of H-pyrrole nitrogens is 1. The number of imidazole rings is 1. The number of hydrogen-bond donors (Lipinski definition) is 2. The molecule has 0 aliphatic rings. The predicted octanol–water partition coefficient (Wildman–Crippen LogP) is 5.70. The maximum atomic E-state index is 10.7. The van der Waals surface area contributed by atoms with Crippen molar-refractivity contribution in [2.24, 2.45) is 0 Å². The van der Waals surface area contributed by atoms with Crippen LogP contribution in [0.4, 0.5) is 5.69 Å². The Morgan fingerprint density at radius 2 is 2.00 bits per heavy atom. The van der Waals surface area contributed by atoms with E-state index in [1.165, 1.54) is 0 Å². The van der Waals surface area contributed by atoms with Crippen molar-refractivity contribution in [3.05, 3.63) is 50.7 Å². The number of rotatable bonds is 5. The summed E-state index contributed by atoms with van der Waals surface area (Å²) in [7, 11) is 0. The molecule has 0 bridgehead atoms. The molecule has 0 amide bonds. The zero-order chi connectivity index (χ0) is 19.6. The molecule has 2 N–H and O–H groups in total. The molecule has 0 aliphatic heterocycles. The lowest BCUT2D eigenvalue weighted by atomic mass is 10.1. The Morgan fingerprint density at radius 1 is 1.30 bits per heavy atom. The molecule has 5 nitrogen and oxygen atoms in total. The Labute approximate surface area is 174 Å². The summed E-state index contributed by atoms with van der Waals surface area (Å²) in [6, 6.07) is 11.6. The Morgan fingerprint density at radius 3 is 2.63 bits per heavy atom. The van der Waals surface area contributed by atoms with Gasteiger partial charge in [-0.05, 0) is 70.0 Å². The molecule has 138 valence electrons. The summed E-state index contributed by atoms with van der Waals surface area (Å²) >= 11 is 7.10. The van der Waals surface area contributed by atoms with Crippen molar-refractivity contribution in [1.29, 1.82) is 5.26 Å². The molecule has 0 fully saturated rings. The van der Waals surface area contributed by atoms with E-state index < -0.39 is 0 Å². The van der Waals surface area contributed by atoms with Crippen molar-refractivity contribution in [2.45, 2.75) is 13.8 Å². The fourth-order valence-corrected chi connectivity index (χ4v) is 4.60. The molecule has 0 unspecified atom stereocenters. The first-order valence-corrected chi connectivity index (χ1v) is 10.1. The van der Waals surface area contributed by atoms with E-state index in [9.17, 15) is 10.4 Å². The minimum atomic E-state index is 0.0870. The monoisotopic (exact) mass is 488 g/mol. The largest absolute Gasteiger partial charge is 0.506 e. The van der Waals surface area contributed by atoms with Gasteiger partial charge in [0.2, 0.25) is 0 Å². The highest BCUT2D eigenvalue weighted by molar-refractivity contribution is 9.11. The van der Waals surface area contributed by atoms with Gasteiger partial charge in [0.15, 0.2) is 0 Å². The fourth-order valence-electron chi connectivity index (χ4n) is 2.95. The van der Waals surface area contributed by atoms with Crippen LogP contribution in [-0.4, -0.2) is 28.2 Å². The Hall–Kier alpha value is -2.30. The van der Waals surface area contributed by atoms with Crippen molar-refractivity contribution in [1.82, 2.24) is 9.97 Å². The van der Waals surface area contributed by atoms with E-state index in [0.29, 0.717) is 21.4 Å². The Bertz CT molecular complexity index is 1030. The highest BCUT2D eigenvalue weighted by Gasteiger charge is 2.18. The van der Waals surface area contributed by atoms with Crippen LogP contribution in [0.3, 0.4) is 0 Å². The number of aromatic hydroxyl groups is 1. The fraction of sp³-hybridized carbons (Fsp3) is 0.200. The number of aromatic amines is 1. The first kappa shape index (κ1) is 19.5. The van der Waals surface area contributed by atoms with Crippen LogP contribution in [0.1, 0.15) is 25.2 Å². The summed E-state index contributed by atoms with van der Waals surface area (Å²) < 4.78 is 1.43. The van der Waals surface area contributed by atoms with Crippen molar-refractivity contribution >= 4 is 60.2 Å². The molecule has 0 aliphatic carbocycles. The van der Waals surface area contributed by atoms with Gasteiger partial charge in [-0.3, -0.25) is 0 Å². The molecule has 0 saturated heterocycles. The number of phenolic OH excluding ortho intramolecular Hbond substituents is 1. The quantitative estimate of drug-likeness (QED) is 0.450. The summed E-state index contributed by atoms with van der Waals surface area (Å²) in [6.07, 6.45) is 1.63. The highest BCUT2D eigenvalue weighted by Crippen LogP contribution is 2.43. The standard InChI is InChI=1S/C20H18Br2N4O/c1-3-26(4-2)18-14(21)10-12(19(27)17(18)22)9-13(11-23)20-24-15-7-5-6-8-16(15)25-20/h5-10,27H,3-4H2,1-2H3,(H,24,25). The molecule has 7 heteroatoms. The maximum absolute atomic E-state index is 10.7. The molecule has 0 spiro atoms. The predicted molar refractivity (Wildman–Crippen MR) is 117 cm³/mol. The second-order valence-corrected chi connectivity index (χ2v) is 7.55. The molecular weight excluding hydrogens is 472 g/mol. The molecule has 0 saturated carbocycles. The third-order valence-electron chi connectivity index (χ3n) is 4.34. The van der Waals surface area contributed by atoms with Crippen LogP contribution in [0.2, 0.25) is 0 Å². The van der Waals surface area contributed by atoms with Gasteiger partial charge in [-0.25, -0.2) is 4.98 Å². The first-order chi connectivity index (χ1) is 13.0. The number of phenols is 1. The van der Waals surface area contributed by atoms with E-state index in [2.05, 4.69) is 66.6 Å². The van der Waals surface area contributed by atoms with Crippen LogP contribution in [0, 0.1) is 11.3 Å². The lowest BCUT2D eigenvalue weighted by Gasteiger charge is -2.25. The zero-order valence-corrected chi connectivity index (χ0v) is 18.1. The number of aromatic nitrogens is 2. The Balaban J connectivity index is 2.11. The van der Waals surface area contributed by atoms with Gasteiger partial charge in [-0.15, -0.1) is 0 Å². The lowest BCUT2D eigenvalue weighted by Crippen LogP contribution is -2.22. The van der Waals surface area contributed by atoms with Gasteiger partial charge < -0.3 is 15.0 Å². The van der Waals surface area contributed by atoms with Crippen molar-refractivity contribution in [3.63, 3.8) is 0 Å². The minimum absolute atomic E-state index is 0.0870. The van der Waals surface area contributed by atoms with Gasteiger partial charge in [0, 0.05) is 23.1 Å². The van der Waals surface area contributed by atoms with Gasteiger partial charge in [0.1, 0.15) is 17.6 Å².